The summed E-state index contributed by atoms with van der Waals surface area (Å²) in [4.78, 5) is 1.12. The molecule has 17 heavy (non-hydrogen) atoms. The van der Waals surface area contributed by atoms with E-state index in [-0.39, 0.29) is 6.10 Å². The summed E-state index contributed by atoms with van der Waals surface area (Å²) in [6, 6.07) is 4.11. The molecule has 1 atom stereocenters. The summed E-state index contributed by atoms with van der Waals surface area (Å²) in [6.45, 7) is 2.12. The minimum Gasteiger partial charge on any atom is -0.388 e. The van der Waals surface area contributed by atoms with Crippen LogP contribution in [-0.4, -0.2) is 14.9 Å². The lowest BCUT2D eigenvalue weighted by Gasteiger charge is -2.10. The normalized spacial score (nSPS) is 12.9. The first-order valence-electron chi connectivity index (χ1n) is 5.93. The number of hydrogen-bond acceptors (Lipinski definition) is 3. The van der Waals surface area contributed by atoms with Crippen LogP contribution >= 0.6 is 11.3 Å². The number of thiophene rings is 1. The number of rotatable bonds is 5. The van der Waals surface area contributed by atoms with Crippen LogP contribution < -0.4 is 0 Å². The molecule has 2 aromatic rings. The standard InChI is InChI=1S/C13H18N2OS/c1-3-10-7-9-17-13(10)12(16)5-4-11-6-8-14-15(11)2/h6-9,12,16H,3-5H2,1-2H3. The average Bonchev–Trinajstić information content (AvgIpc) is 2.94. The zero-order valence-corrected chi connectivity index (χ0v) is 11.1. The smallest absolute Gasteiger partial charge is 0.0888 e. The van der Waals surface area contributed by atoms with Crippen LogP contribution in [0.4, 0.5) is 0 Å². The fraction of sp³-hybridized carbons (Fsp3) is 0.462. The van der Waals surface area contributed by atoms with Gasteiger partial charge in [0.2, 0.25) is 0 Å². The van der Waals surface area contributed by atoms with Crippen LogP contribution in [-0.2, 0) is 19.9 Å². The topological polar surface area (TPSA) is 38.1 Å². The van der Waals surface area contributed by atoms with E-state index in [0.717, 1.165) is 24.1 Å². The highest BCUT2D eigenvalue weighted by Gasteiger charge is 2.13. The molecule has 0 aromatic carbocycles. The van der Waals surface area contributed by atoms with E-state index in [2.05, 4.69) is 23.5 Å². The summed E-state index contributed by atoms with van der Waals surface area (Å²) in [5.74, 6) is 0. The Bertz CT molecular complexity index is 475. The molecule has 2 rings (SSSR count). The fourth-order valence-corrected chi connectivity index (χ4v) is 3.01. The quantitative estimate of drug-likeness (QED) is 0.886. The molecule has 0 spiro atoms. The van der Waals surface area contributed by atoms with Gasteiger partial charge in [-0.3, -0.25) is 4.68 Å². The summed E-state index contributed by atoms with van der Waals surface area (Å²) in [5, 5.41) is 16.4. The number of aryl methyl sites for hydroxylation is 3. The molecule has 1 unspecified atom stereocenters. The van der Waals surface area contributed by atoms with Gasteiger partial charge in [0.15, 0.2) is 0 Å². The van der Waals surface area contributed by atoms with Gasteiger partial charge in [0.1, 0.15) is 0 Å². The van der Waals surface area contributed by atoms with Crippen LogP contribution in [0.3, 0.4) is 0 Å². The predicted octanol–water partition coefficient (Wildman–Crippen LogP) is 2.71. The Kier molecular flexibility index (Phi) is 3.97. The van der Waals surface area contributed by atoms with E-state index in [1.807, 2.05) is 17.8 Å². The molecule has 0 saturated carbocycles. The van der Waals surface area contributed by atoms with Gasteiger partial charge in [0, 0.05) is 23.8 Å². The van der Waals surface area contributed by atoms with E-state index in [4.69, 9.17) is 0 Å². The molecule has 0 radical (unpaired) electrons. The van der Waals surface area contributed by atoms with Crippen LogP contribution in [0.15, 0.2) is 23.7 Å². The van der Waals surface area contributed by atoms with E-state index in [9.17, 15) is 5.11 Å². The molecule has 0 bridgehead atoms. The molecule has 0 aliphatic rings. The van der Waals surface area contributed by atoms with Gasteiger partial charge in [-0.2, -0.15) is 5.10 Å². The van der Waals surface area contributed by atoms with E-state index in [1.54, 1.807) is 17.5 Å². The Morgan fingerprint density at radius 1 is 1.47 bits per heavy atom. The van der Waals surface area contributed by atoms with Crippen molar-refractivity contribution >= 4 is 11.3 Å². The third kappa shape index (κ3) is 2.76. The fourth-order valence-electron chi connectivity index (χ4n) is 1.99. The van der Waals surface area contributed by atoms with Gasteiger partial charge in [-0.15, -0.1) is 11.3 Å². The second kappa shape index (κ2) is 5.47. The van der Waals surface area contributed by atoms with E-state index in [1.165, 1.54) is 11.3 Å². The van der Waals surface area contributed by atoms with Crippen molar-refractivity contribution in [1.82, 2.24) is 9.78 Å². The van der Waals surface area contributed by atoms with Crippen LogP contribution in [0, 0.1) is 0 Å². The van der Waals surface area contributed by atoms with Crippen LogP contribution in [0.1, 0.15) is 35.6 Å². The van der Waals surface area contributed by atoms with Crippen molar-refractivity contribution in [3.05, 3.63) is 39.8 Å². The van der Waals surface area contributed by atoms with E-state index < -0.39 is 0 Å². The molecule has 0 fully saturated rings. The van der Waals surface area contributed by atoms with Crippen molar-refractivity contribution in [2.45, 2.75) is 32.3 Å². The van der Waals surface area contributed by atoms with Gasteiger partial charge in [-0.05, 0) is 42.3 Å². The molecule has 2 aromatic heterocycles. The molecule has 4 heteroatoms. The zero-order chi connectivity index (χ0) is 12.3. The Labute approximate surface area is 106 Å². The lowest BCUT2D eigenvalue weighted by molar-refractivity contribution is 0.170. The summed E-state index contributed by atoms with van der Waals surface area (Å²) < 4.78 is 1.86. The van der Waals surface area contributed by atoms with Crippen LogP contribution in [0.25, 0.3) is 0 Å². The zero-order valence-electron chi connectivity index (χ0n) is 10.3. The van der Waals surface area contributed by atoms with Gasteiger partial charge >= 0.3 is 0 Å². The SMILES string of the molecule is CCc1ccsc1C(O)CCc1ccnn1C. The minimum atomic E-state index is -0.347. The highest BCUT2D eigenvalue weighted by atomic mass is 32.1. The van der Waals surface area contributed by atoms with Crippen molar-refractivity contribution < 1.29 is 5.11 Å². The number of nitrogens with zero attached hydrogens (tertiary/aromatic N) is 2. The van der Waals surface area contributed by atoms with E-state index >= 15 is 0 Å². The molecular formula is C13H18N2OS. The predicted molar refractivity (Wildman–Crippen MR) is 70.2 cm³/mol. The Morgan fingerprint density at radius 3 is 2.94 bits per heavy atom. The molecule has 0 aliphatic carbocycles. The third-order valence-corrected chi connectivity index (χ3v) is 4.12. The maximum atomic E-state index is 10.2. The van der Waals surface area contributed by atoms with Gasteiger partial charge in [0.05, 0.1) is 6.10 Å². The Balaban J connectivity index is 1.98. The van der Waals surface area contributed by atoms with Crippen molar-refractivity contribution in [2.24, 2.45) is 7.05 Å². The Morgan fingerprint density at radius 2 is 2.29 bits per heavy atom. The molecule has 92 valence electrons. The number of aliphatic hydroxyl groups is 1. The van der Waals surface area contributed by atoms with Crippen LogP contribution in [0.5, 0.6) is 0 Å². The highest BCUT2D eigenvalue weighted by molar-refractivity contribution is 7.10. The Hall–Kier alpha value is -1.13. The number of aromatic nitrogens is 2. The minimum absolute atomic E-state index is 0.347. The van der Waals surface area contributed by atoms with Gasteiger partial charge in [-0.1, -0.05) is 6.92 Å². The summed E-state index contributed by atoms with van der Waals surface area (Å²) in [6.07, 6.45) is 4.05. The molecule has 2 heterocycles. The monoisotopic (exact) mass is 250 g/mol. The van der Waals surface area contributed by atoms with Crippen molar-refractivity contribution in [1.29, 1.82) is 0 Å². The van der Waals surface area contributed by atoms with Crippen molar-refractivity contribution in [3.8, 4) is 0 Å². The number of hydrogen-bond donors (Lipinski definition) is 1. The largest absolute Gasteiger partial charge is 0.388 e. The first-order valence-corrected chi connectivity index (χ1v) is 6.81. The lowest BCUT2D eigenvalue weighted by Crippen LogP contribution is -2.03. The molecule has 0 saturated heterocycles. The molecule has 1 N–H and O–H groups in total. The molecule has 3 nitrogen and oxygen atoms in total. The third-order valence-electron chi connectivity index (χ3n) is 3.06. The second-order valence-electron chi connectivity index (χ2n) is 4.16. The summed E-state index contributed by atoms with van der Waals surface area (Å²) in [5.41, 5.74) is 2.44. The summed E-state index contributed by atoms with van der Waals surface area (Å²) >= 11 is 1.65. The second-order valence-corrected chi connectivity index (χ2v) is 5.11. The molecule has 0 amide bonds. The van der Waals surface area contributed by atoms with Gasteiger partial charge in [0.25, 0.3) is 0 Å². The lowest BCUT2D eigenvalue weighted by atomic mass is 10.1. The number of aliphatic hydroxyl groups excluding tert-OH is 1. The average molecular weight is 250 g/mol. The van der Waals surface area contributed by atoms with Crippen molar-refractivity contribution in [3.63, 3.8) is 0 Å². The summed E-state index contributed by atoms with van der Waals surface area (Å²) in [7, 11) is 1.93. The molecule has 0 aliphatic heterocycles. The van der Waals surface area contributed by atoms with Gasteiger partial charge < -0.3 is 5.11 Å². The highest BCUT2D eigenvalue weighted by Crippen LogP contribution is 2.28. The van der Waals surface area contributed by atoms with Crippen molar-refractivity contribution in [2.75, 3.05) is 0 Å². The van der Waals surface area contributed by atoms with Gasteiger partial charge in [-0.25, -0.2) is 0 Å². The van der Waals surface area contributed by atoms with Crippen LogP contribution in [0.2, 0.25) is 0 Å². The maximum Gasteiger partial charge on any atom is 0.0888 e. The first kappa shape index (κ1) is 12.3. The van der Waals surface area contributed by atoms with E-state index in [0.29, 0.717) is 0 Å². The molecular weight excluding hydrogens is 232 g/mol. The maximum absolute atomic E-state index is 10.2. The first-order chi connectivity index (χ1) is 8.22.